The number of carbonyl (C=O) groups is 5. The van der Waals surface area contributed by atoms with Crippen molar-refractivity contribution in [1.29, 1.82) is 0 Å². The molecule has 4 N–H and O–H groups in total. The molecule has 0 unspecified atom stereocenters. The Bertz CT molecular complexity index is 1710. The fourth-order valence-corrected chi connectivity index (χ4v) is 4.74. The molecule has 16 nitrogen and oxygen atoms in total. The number of hydrogen-bond acceptors (Lipinski definition) is 10. The second kappa shape index (κ2) is 20.3. The molecule has 52 heavy (non-hydrogen) atoms. The number of hydrogen-bond donors (Lipinski definition) is 4. The minimum atomic E-state index is -1.34. The van der Waals surface area contributed by atoms with Crippen molar-refractivity contribution in [3.8, 4) is 0 Å². The van der Waals surface area contributed by atoms with Crippen molar-refractivity contribution in [2.45, 2.75) is 71.4 Å². The van der Waals surface area contributed by atoms with Crippen molar-refractivity contribution in [3.05, 3.63) is 93.5 Å². The zero-order valence-electron chi connectivity index (χ0n) is 29.1. The molecule has 0 aliphatic carbocycles. The predicted octanol–water partition coefficient (Wildman–Crippen LogP) is 4.55. The lowest BCUT2D eigenvalue weighted by Gasteiger charge is -2.30. The first-order chi connectivity index (χ1) is 24.7. The number of rotatable bonds is 17. The zero-order chi connectivity index (χ0) is 38.1. The number of alkyl carbamates (subject to hydrolysis) is 2. The average molecular weight is 743 g/mol. The Morgan fingerprint density at radius 1 is 0.865 bits per heavy atom. The topological polar surface area (TPSA) is 207 Å². The third-order valence-electron chi connectivity index (χ3n) is 7.08. The van der Waals surface area contributed by atoms with Gasteiger partial charge in [-0.1, -0.05) is 54.1 Å². The van der Waals surface area contributed by atoms with Crippen LogP contribution in [0.2, 0.25) is 5.02 Å². The molecule has 0 aliphatic heterocycles. The molecule has 0 aliphatic rings. The SMILES string of the molecule is CC(C)(C)OC(=O)NCCN(C(=O)Cn1ccc(NC(=O)OCc2ccccc2)nc1=O)[C@H](CCCCNC(=O)OCc1ccc(Cl)cc1)C(=O)O. The molecule has 4 amide bonds. The van der Waals surface area contributed by atoms with E-state index in [4.69, 9.17) is 25.8 Å². The summed E-state index contributed by atoms with van der Waals surface area (Å²) in [6, 6.07) is 15.7. The van der Waals surface area contributed by atoms with Gasteiger partial charge >= 0.3 is 29.9 Å². The van der Waals surface area contributed by atoms with Crippen molar-refractivity contribution >= 4 is 47.6 Å². The summed E-state index contributed by atoms with van der Waals surface area (Å²) in [5.41, 5.74) is -0.165. The molecule has 1 atom stereocenters. The Morgan fingerprint density at radius 3 is 2.13 bits per heavy atom. The van der Waals surface area contributed by atoms with E-state index >= 15 is 0 Å². The number of aliphatic carboxylic acids is 1. The van der Waals surface area contributed by atoms with Crippen LogP contribution in [-0.2, 0) is 43.6 Å². The van der Waals surface area contributed by atoms with Crippen LogP contribution in [0.15, 0.2) is 71.7 Å². The molecule has 0 radical (unpaired) electrons. The Labute approximate surface area is 305 Å². The van der Waals surface area contributed by atoms with E-state index in [0.717, 1.165) is 20.6 Å². The van der Waals surface area contributed by atoms with Crippen molar-refractivity contribution < 1.29 is 43.3 Å². The monoisotopic (exact) mass is 742 g/mol. The summed E-state index contributed by atoms with van der Waals surface area (Å²) in [6.45, 7) is 4.30. The largest absolute Gasteiger partial charge is 0.480 e. The van der Waals surface area contributed by atoms with Crippen molar-refractivity contribution in [2.75, 3.05) is 25.0 Å². The van der Waals surface area contributed by atoms with Gasteiger partial charge in [0.25, 0.3) is 0 Å². The van der Waals surface area contributed by atoms with Gasteiger partial charge in [0.15, 0.2) is 0 Å². The highest BCUT2D eigenvalue weighted by molar-refractivity contribution is 6.30. The van der Waals surface area contributed by atoms with E-state index in [-0.39, 0.29) is 45.1 Å². The highest BCUT2D eigenvalue weighted by Gasteiger charge is 2.30. The first kappa shape index (κ1) is 40.8. The van der Waals surface area contributed by atoms with E-state index in [1.165, 1.54) is 12.3 Å². The number of carboxylic acids is 1. The number of unbranched alkanes of at least 4 members (excludes halogenated alkanes) is 1. The molecule has 1 heterocycles. The van der Waals surface area contributed by atoms with E-state index < -0.39 is 54.0 Å². The van der Waals surface area contributed by atoms with Gasteiger partial charge in [-0.15, -0.1) is 0 Å². The van der Waals surface area contributed by atoms with Gasteiger partial charge < -0.3 is 34.9 Å². The number of benzene rings is 2. The first-order valence-electron chi connectivity index (χ1n) is 16.4. The lowest BCUT2D eigenvalue weighted by Crippen LogP contribution is -2.50. The Balaban J connectivity index is 1.59. The van der Waals surface area contributed by atoms with Crippen LogP contribution >= 0.6 is 11.6 Å². The maximum Gasteiger partial charge on any atom is 0.413 e. The number of anilines is 1. The molecule has 3 rings (SSSR count). The minimum absolute atomic E-state index is 0.00386. The summed E-state index contributed by atoms with van der Waals surface area (Å²) in [7, 11) is 0. The van der Waals surface area contributed by atoms with Crippen molar-refractivity contribution in [3.63, 3.8) is 0 Å². The second-order valence-electron chi connectivity index (χ2n) is 12.4. The second-order valence-corrected chi connectivity index (χ2v) is 12.8. The maximum atomic E-state index is 13.5. The molecule has 3 aromatic rings. The van der Waals surface area contributed by atoms with E-state index in [1.54, 1.807) is 69.3 Å². The smallest absolute Gasteiger partial charge is 0.413 e. The van der Waals surface area contributed by atoms with Gasteiger partial charge in [0.2, 0.25) is 5.91 Å². The van der Waals surface area contributed by atoms with Gasteiger partial charge in [0, 0.05) is 30.9 Å². The number of aromatic nitrogens is 2. The molecule has 280 valence electrons. The van der Waals surface area contributed by atoms with Crippen molar-refractivity contribution in [2.24, 2.45) is 0 Å². The van der Waals surface area contributed by atoms with Crippen LogP contribution in [0.4, 0.5) is 20.2 Å². The number of halogens is 1. The number of ether oxygens (including phenoxy) is 3. The quantitative estimate of drug-likeness (QED) is 0.111. The average Bonchev–Trinajstić information content (AvgIpc) is 3.08. The van der Waals surface area contributed by atoms with Crippen LogP contribution in [0.1, 0.15) is 51.2 Å². The molecule has 0 saturated carbocycles. The fraction of sp³-hybridized carbons (Fsp3) is 0.400. The maximum absolute atomic E-state index is 13.5. The summed E-state index contributed by atoms with van der Waals surface area (Å²) in [4.78, 5) is 80.1. The van der Waals surface area contributed by atoms with Crippen LogP contribution in [0, 0.1) is 0 Å². The van der Waals surface area contributed by atoms with Gasteiger partial charge in [-0.2, -0.15) is 4.98 Å². The van der Waals surface area contributed by atoms with Crippen LogP contribution in [0.3, 0.4) is 0 Å². The molecule has 1 aromatic heterocycles. The molecular formula is C35H43ClN6O10. The normalized spacial score (nSPS) is 11.5. The fourth-order valence-electron chi connectivity index (χ4n) is 4.61. The molecule has 17 heteroatoms. The summed E-state index contributed by atoms with van der Waals surface area (Å²) < 4.78 is 16.5. The number of amides is 4. The van der Waals surface area contributed by atoms with Gasteiger partial charge in [0.05, 0.1) is 0 Å². The highest BCUT2D eigenvalue weighted by atomic mass is 35.5. The summed E-state index contributed by atoms with van der Waals surface area (Å²) in [5.74, 6) is -2.16. The molecule has 0 saturated heterocycles. The Hall–Kier alpha value is -5.64. The third-order valence-corrected chi connectivity index (χ3v) is 7.33. The summed E-state index contributed by atoms with van der Waals surface area (Å²) >= 11 is 5.86. The van der Waals surface area contributed by atoms with Crippen LogP contribution in [0.5, 0.6) is 0 Å². The number of nitrogens with one attached hydrogen (secondary N) is 3. The van der Waals surface area contributed by atoms with Crippen molar-refractivity contribution in [1.82, 2.24) is 25.1 Å². The molecule has 0 fully saturated rings. The van der Waals surface area contributed by atoms with E-state index in [1.807, 2.05) is 6.07 Å². The Kier molecular flexibility index (Phi) is 15.9. The number of nitrogens with zero attached hydrogens (tertiary/aromatic N) is 3. The molecule has 0 spiro atoms. The molecule has 0 bridgehead atoms. The van der Waals surface area contributed by atoms with E-state index in [9.17, 15) is 33.9 Å². The lowest BCUT2D eigenvalue weighted by atomic mass is 10.1. The van der Waals surface area contributed by atoms with Crippen LogP contribution < -0.4 is 21.6 Å². The standard InChI is InChI=1S/C35H43ClN6O10/c1-35(2,3)52-33(48)38-18-20-42(27(30(44)45)11-7-8-17-37-32(47)50-23-25-12-14-26(36)15-13-25)29(43)21-41-19-16-28(39-31(41)46)40-34(49)51-22-24-9-5-4-6-10-24/h4-6,9-10,12-16,19,27H,7-8,11,17-18,20-23H2,1-3H3,(H,37,47)(H,38,48)(H,44,45)(H,39,40,46,49)/t27-/m1/s1. The zero-order valence-corrected chi connectivity index (χ0v) is 29.9. The van der Waals surface area contributed by atoms with E-state index in [2.05, 4.69) is 20.9 Å². The summed E-state index contributed by atoms with van der Waals surface area (Å²) in [5, 5.41) is 18.1. The summed E-state index contributed by atoms with van der Waals surface area (Å²) in [6.07, 6.45) is -0.377. The molecular weight excluding hydrogens is 700 g/mol. The van der Waals surface area contributed by atoms with Gasteiger partial charge in [-0.25, -0.2) is 24.0 Å². The van der Waals surface area contributed by atoms with E-state index in [0.29, 0.717) is 17.9 Å². The lowest BCUT2D eigenvalue weighted by molar-refractivity contribution is -0.150. The minimum Gasteiger partial charge on any atom is -0.480 e. The van der Waals surface area contributed by atoms with Gasteiger partial charge in [0.1, 0.15) is 37.2 Å². The van der Waals surface area contributed by atoms with Crippen LogP contribution in [-0.4, -0.2) is 81.0 Å². The highest BCUT2D eigenvalue weighted by Crippen LogP contribution is 2.13. The van der Waals surface area contributed by atoms with Crippen LogP contribution in [0.25, 0.3) is 0 Å². The Morgan fingerprint density at radius 2 is 1.50 bits per heavy atom. The van der Waals surface area contributed by atoms with Gasteiger partial charge in [-0.3, -0.25) is 14.7 Å². The third kappa shape index (κ3) is 15.1. The predicted molar refractivity (Wildman–Crippen MR) is 190 cm³/mol. The molecule has 2 aromatic carbocycles. The first-order valence-corrected chi connectivity index (χ1v) is 16.8. The van der Waals surface area contributed by atoms with Gasteiger partial charge in [-0.05, 0) is 69.4 Å². The number of carbonyl (C=O) groups excluding carboxylic acids is 4. The number of carboxylic acid groups (broad SMARTS) is 1.